The summed E-state index contributed by atoms with van der Waals surface area (Å²) in [6.45, 7) is 18.2. The van der Waals surface area contributed by atoms with Gasteiger partial charge >= 0.3 is 5.76 Å². The molecule has 0 spiro atoms. The largest absolute Gasteiger partial charge is 0.492 e. The molecule has 376 valence electrons. The van der Waals surface area contributed by atoms with Crippen LogP contribution < -0.4 is 36.6 Å². The van der Waals surface area contributed by atoms with E-state index < -0.39 is 24.8 Å². The van der Waals surface area contributed by atoms with Crippen LogP contribution in [0.2, 0.25) is 0 Å². The number of ether oxygens (including phenoxy) is 2. The Hall–Kier alpha value is -5.65. The van der Waals surface area contributed by atoms with Gasteiger partial charge in [0.2, 0.25) is 17.8 Å². The van der Waals surface area contributed by atoms with Crippen molar-refractivity contribution < 1.29 is 28.0 Å². The van der Waals surface area contributed by atoms with Gasteiger partial charge in [-0.1, -0.05) is 32.0 Å². The van der Waals surface area contributed by atoms with Crippen molar-refractivity contribution in [3.05, 3.63) is 92.6 Å². The van der Waals surface area contributed by atoms with Crippen LogP contribution in [0.5, 0.6) is 5.75 Å². The Bertz CT molecular complexity index is 3030. The smallest absolute Gasteiger partial charge is 0.420 e. The molecule has 0 aliphatic carbocycles. The number of oxazole rings is 1. The second-order valence-electron chi connectivity index (χ2n) is 18.9. The molecule has 19 heteroatoms. The Morgan fingerprint density at radius 3 is 2.41 bits per heavy atom. The van der Waals surface area contributed by atoms with Gasteiger partial charge in [-0.25, -0.2) is 9.78 Å². The van der Waals surface area contributed by atoms with Crippen molar-refractivity contribution in [3.8, 4) is 5.75 Å². The normalized spacial score (nSPS) is 17.5. The second kappa shape index (κ2) is 22.0. The fourth-order valence-corrected chi connectivity index (χ4v) is 12.0. The molecular weight excluding hydrogens is 988 g/mol. The van der Waals surface area contributed by atoms with Crippen LogP contribution in [-0.4, -0.2) is 126 Å². The number of imide groups is 1. The third-order valence-electron chi connectivity index (χ3n) is 13.9. The van der Waals surface area contributed by atoms with E-state index in [0.717, 1.165) is 110 Å². The quantitative estimate of drug-likeness (QED) is 0.0430. The molecule has 3 aliphatic heterocycles. The topological polar surface area (TPSA) is 189 Å². The minimum Gasteiger partial charge on any atom is -0.492 e. The van der Waals surface area contributed by atoms with E-state index in [2.05, 4.69) is 77.5 Å². The van der Waals surface area contributed by atoms with Crippen LogP contribution in [0, 0.1) is 0 Å². The zero-order valence-corrected chi connectivity index (χ0v) is 43.7. The van der Waals surface area contributed by atoms with Crippen LogP contribution >= 0.6 is 23.1 Å². The number of amides is 2. The number of halogens is 1. The number of aromatic nitrogens is 4. The fraction of sp³-hybridized carbons (Fsp3) is 0.462. The summed E-state index contributed by atoms with van der Waals surface area (Å²) in [6.07, 6.45) is 6.56. The molecule has 3 aliphatic rings. The summed E-state index contributed by atoms with van der Waals surface area (Å²) in [7, 11) is -2.74. The molecule has 0 saturated carbocycles. The number of nitrogens with one attached hydrogen (secondary N) is 3. The number of hydrogen-bond acceptors (Lipinski definition) is 15. The SMILES string of the molecule is CCOc1cc(N2CCC(N3CCN(CCOCCc4cccc5c4oc(=O)n5C4CCC(=O)NC4=O)CC3)CC2)c(CC)cc1Nc1ncc(Br)c(Nc2ccc3nc(CC)ccc3c2P(C)(C)=O)n1. The third-order valence-corrected chi connectivity index (χ3v) is 16.1. The maximum Gasteiger partial charge on any atom is 0.420 e. The first-order valence-electron chi connectivity index (χ1n) is 24.9. The van der Waals surface area contributed by atoms with Crippen LogP contribution in [0.4, 0.5) is 28.8 Å². The van der Waals surface area contributed by atoms with Crippen molar-refractivity contribution in [1.29, 1.82) is 0 Å². The number of rotatable bonds is 18. The zero-order valence-electron chi connectivity index (χ0n) is 41.3. The van der Waals surface area contributed by atoms with Gasteiger partial charge in [0.25, 0.3) is 0 Å². The predicted molar refractivity (Wildman–Crippen MR) is 283 cm³/mol. The van der Waals surface area contributed by atoms with E-state index in [-0.39, 0.29) is 18.7 Å². The molecule has 1 atom stereocenters. The molecule has 3 saturated heterocycles. The molecule has 0 bridgehead atoms. The standard InChI is InChI=1S/C52H64BrN10O7P/c1-6-33-30-41(57-51-54-32-38(53)49(59-51)56-40-15-14-39-37(48(40)71(4,5)67)13-12-35(7-2)55-39)45(69-8-3)31-44(33)62-21-18-36(19-22-62)61-25-23-60(24-26-61)27-29-68-28-20-34-10-9-11-42-47(34)70-52(66)63(42)43-16-17-46(64)58-50(43)65/h9-15,30-32,36,43H,6-8,16-29H2,1-5H3,(H,58,64,65)(H2,54,56,57,59). The molecule has 3 N–H and O–H groups in total. The van der Waals surface area contributed by atoms with E-state index in [1.807, 2.05) is 43.3 Å². The van der Waals surface area contributed by atoms with Crippen LogP contribution in [0.15, 0.2) is 74.5 Å². The Balaban J connectivity index is 0.770. The van der Waals surface area contributed by atoms with E-state index in [9.17, 15) is 18.9 Å². The lowest BCUT2D eigenvalue weighted by Gasteiger charge is -2.43. The fourth-order valence-electron chi connectivity index (χ4n) is 10.3. The van der Waals surface area contributed by atoms with Crippen molar-refractivity contribution in [2.24, 2.45) is 0 Å². The number of pyridine rings is 1. The van der Waals surface area contributed by atoms with Gasteiger partial charge < -0.3 is 34.0 Å². The first-order chi connectivity index (χ1) is 34.3. The number of piperazine rings is 1. The summed E-state index contributed by atoms with van der Waals surface area (Å²) >= 11 is 3.64. The summed E-state index contributed by atoms with van der Waals surface area (Å²) in [4.78, 5) is 59.0. The Kier molecular flexibility index (Phi) is 15.6. The first kappa shape index (κ1) is 50.3. The number of aryl methyl sites for hydroxylation is 2. The van der Waals surface area contributed by atoms with E-state index >= 15 is 0 Å². The number of benzene rings is 3. The number of carbonyl (C=O) groups is 2. The molecule has 71 heavy (non-hydrogen) atoms. The second-order valence-corrected chi connectivity index (χ2v) is 22.9. The molecule has 3 aromatic heterocycles. The van der Waals surface area contributed by atoms with E-state index in [0.29, 0.717) is 65.3 Å². The van der Waals surface area contributed by atoms with Crippen LogP contribution in [0.3, 0.4) is 0 Å². The van der Waals surface area contributed by atoms with Gasteiger partial charge in [0.15, 0.2) is 5.58 Å². The number of anilines is 5. The Morgan fingerprint density at radius 2 is 1.68 bits per heavy atom. The van der Waals surface area contributed by atoms with Gasteiger partial charge in [-0.3, -0.25) is 34.3 Å². The van der Waals surface area contributed by atoms with E-state index in [1.54, 1.807) is 25.6 Å². The van der Waals surface area contributed by atoms with Crippen molar-refractivity contribution in [1.82, 2.24) is 34.6 Å². The lowest BCUT2D eigenvalue weighted by atomic mass is 9.99. The number of hydrogen-bond donors (Lipinski definition) is 3. The molecule has 3 aromatic carbocycles. The number of nitrogens with zero attached hydrogens (tertiary/aromatic N) is 7. The van der Waals surface area contributed by atoms with Crippen molar-refractivity contribution in [2.75, 3.05) is 94.5 Å². The maximum atomic E-state index is 13.8. The average molecular weight is 1050 g/mol. The molecule has 6 heterocycles. The third kappa shape index (κ3) is 11.2. The molecular formula is C52H64BrN10O7P. The molecule has 9 rings (SSSR count). The molecule has 1 unspecified atom stereocenters. The van der Waals surface area contributed by atoms with Crippen molar-refractivity contribution in [2.45, 2.75) is 77.8 Å². The maximum absolute atomic E-state index is 13.8. The summed E-state index contributed by atoms with van der Waals surface area (Å²) in [5.41, 5.74) is 7.59. The average Bonchev–Trinajstić information content (AvgIpc) is 3.70. The number of carbonyl (C=O) groups excluding carboxylic acids is 2. The predicted octanol–water partition coefficient (Wildman–Crippen LogP) is 7.78. The van der Waals surface area contributed by atoms with Crippen LogP contribution in [-0.2, 0) is 38.2 Å². The lowest BCUT2D eigenvalue weighted by molar-refractivity contribution is -0.135. The van der Waals surface area contributed by atoms with Gasteiger partial charge in [0.05, 0.1) is 46.7 Å². The van der Waals surface area contributed by atoms with Gasteiger partial charge in [0, 0.05) is 92.6 Å². The number of piperidine rings is 2. The lowest BCUT2D eigenvalue weighted by Crippen LogP contribution is -2.53. The highest BCUT2D eigenvalue weighted by molar-refractivity contribution is 9.10. The highest BCUT2D eigenvalue weighted by Gasteiger charge is 2.32. The Morgan fingerprint density at radius 1 is 0.873 bits per heavy atom. The number of para-hydroxylation sites is 1. The van der Waals surface area contributed by atoms with Gasteiger partial charge in [0.1, 0.15) is 24.8 Å². The van der Waals surface area contributed by atoms with Gasteiger partial charge in [-0.05, 0) is 116 Å². The van der Waals surface area contributed by atoms with Crippen LogP contribution in [0.25, 0.3) is 22.0 Å². The summed E-state index contributed by atoms with van der Waals surface area (Å²) in [5.74, 6) is 0.268. The molecule has 3 fully saturated rings. The zero-order chi connectivity index (χ0) is 49.8. The minimum absolute atomic E-state index is 0.178. The van der Waals surface area contributed by atoms with Crippen LogP contribution in [0.1, 0.15) is 69.3 Å². The molecule has 6 aromatic rings. The summed E-state index contributed by atoms with van der Waals surface area (Å²) < 4.78 is 33.8. The van der Waals surface area contributed by atoms with Crippen molar-refractivity contribution >= 4 is 91.0 Å². The van der Waals surface area contributed by atoms with Crippen molar-refractivity contribution in [3.63, 3.8) is 0 Å². The summed E-state index contributed by atoms with van der Waals surface area (Å²) in [5, 5.41) is 10.9. The molecule has 0 radical (unpaired) electrons. The molecule has 17 nitrogen and oxygen atoms in total. The van der Waals surface area contributed by atoms with Gasteiger partial charge in [-0.15, -0.1) is 0 Å². The Labute approximate surface area is 422 Å². The summed E-state index contributed by atoms with van der Waals surface area (Å²) in [6, 6.07) is 17.6. The van der Waals surface area contributed by atoms with E-state index in [1.165, 1.54) is 15.8 Å². The highest BCUT2D eigenvalue weighted by Crippen LogP contribution is 2.42. The van der Waals surface area contributed by atoms with Gasteiger partial charge in [-0.2, -0.15) is 4.98 Å². The first-order valence-corrected chi connectivity index (χ1v) is 28.3. The number of fused-ring (bicyclic) bond motifs is 2. The van der Waals surface area contributed by atoms with E-state index in [4.69, 9.17) is 23.9 Å². The highest BCUT2D eigenvalue weighted by atomic mass is 79.9. The monoisotopic (exact) mass is 1050 g/mol. The molecule has 2 amide bonds. The minimum atomic E-state index is -2.74.